The number of nitrogens with zero attached hydrogens (tertiary/aromatic N) is 2. The van der Waals surface area contributed by atoms with Crippen molar-refractivity contribution in [2.24, 2.45) is 0 Å². The summed E-state index contributed by atoms with van der Waals surface area (Å²) in [6, 6.07) is 15.5. The third-order valence-electron chi connectivity index (χ3n) is 4.09. The van der Waals surface area contributed by atoms with Gasteiger partial charge in [-0.3, -0.25) is 0 Å². The Kier molecular flexibility index (Phi) is 4.92. The molecule has 1 N–H and O–H groups in total. The Labute approximate surface area is 164 Å². The fourth-order valence-corrected chi connectivity index (χ4v) is 4.68. The van der Waals surface area contributed by atoms with Gasteiger partial charge in [-0.15, -0.1) is 23.1 Å². The van der Waals surface area contributed by atoms with Crippen LogP contribution in [0.5, 0.6) is 11.5 Å². The molecule has 1 atom stereocenters. The molecule has 0 saturated heterocycles. The van der Waals surface area contributed by atoms with Gasteiger partial charge < -0.3 is 14.6 Å². The van der Waals surface area contributed by atoms with Crippen LogP contribution in [0.2, 0.25) is 0 Å². The summed E-state index contributed by atoms with van der Waals surface area (Å²) in [4.78, 5) is 5.41. The first-order valence-corrected chi connectivity index (χ1v) is 10.1. The number of para-hydroxylation sites is 1. The standard InChI is InChI=1S/C20H16N2O3S2/c1-12(26-13-6-7-16-17(10-13)25-9-8-24-16)19(23)14(11-21)20-22-15-4-2-3-5-18(15)27-20/h2-7,10,12,23H,8-9H2,1H3/b19-14-. The Hall–Kier alpha value is -2.69. The molecular weight excluding hydrogens is 380 g/mol. The number of fused-ring (bicyclic) bond motifs is 2. The van der Waals surface area contributed by atoms with E-state index in [1.165, 1.54) is 23.1 Å². The first-order valence-electron chi connectivity index (χ1n) is 8.41. The first-order chi connectivity index (χ1) is 13.2. The van der Waals surface area contributed by atoms with Crippen molar-refractivity contribution in [3.8, 4) is 17.6 Å². The molecule has 1 aromatic heterocycles. The van der Waals surface area contributed by atoms with Gasteiger partial charge in [0.2, 0.25) is 0 Å². The maximum absolute atomic E-state index is 10.7. The average molecular weight is 396 g/mol. The number of rotatable bonds is 4. The van der Waals surface area contributed by atoms with Crippen molar-refractivity contribution in [2.45, 2.75) is 17.1 Å². The largest absolute Gasteiger partial charge is 0.510 e. The molecule has 7 heteroatoms. The molecule has 0 spiro atoms. The number of allylic oxidation sites excluding steroid dienone is 1. The monoisotopic (exact) mass is 396 g/mol. The molecule has 2 aromatic carbocycles. The molecule has 4 rings (SSSR count). The first kappa shape index (κ1) is 17.7. The highest BCUT2D eigenvalue weighted by Crippen LogP contribution is 2.38. The molecule has 0 fully saturated rings. The van der Waals surface area contributed by atoms with E-state index in [-0.39, 0.29) is 16.6 Å². The van der Waals surface area contributed by atoms with E-state index in [0.29, 0.717) is 24.0 Å². The van der Waals surface area contributed by atoms with E-state index in [1.54, 1.807) is 0 Å². The summed E-state index contributed by atoms with van der Waals surface area (Å²) in [6.07, 6.45) is 0. The van der Waals surface area contributed by atoms with Gasteiger partial charge in [0.15, 0.2) is 11.5 Å². The van der Waals surface area contributed by atoms with Crippen molar-refractivity contribution in [1.29, 1.82) is 5.26 Å². The molecule has 5 nitrogen and oxygen atoms in total. The normalized spacial score (nSPS) is 15.1. The van der Waals surface area contributed by atoms with Gasteiger partial charge in [0.1, 0.15) is 35.6 Å². The number of aliphatic hydroxyl groups excluding tert-OH is 1. The maximum atomic E-state index is 10.7. The van der Waals surface area contributed by atoms with Gasteiger partial charge in [-0.25, -0.2) is 4.98 Å². The van der Waals surface area contributed by atoms with Crippen molar-refractivity contribution >= 4 is 38.9 Å². The van der Waals surface area contributed by atoms with Gasteiger partial charge in [-0.1, -0.05) is 12.1 Å². The number of aliphatic hydroxyl groups is 1. The van der Waals surface area contributed by atoms with Crippen molar-refractivity contribution in [3.05, 3.63) is 53.2 Å². The number of hydrogen-bond acceptors (Lipinski definition) is 7. The number of benzene rings is 2. The Bertz CT molecular complexity index is 1040. The third-order valence-corrected chi connectivity index (χ3v) is 6.24. The minimum atomic E-state index is -0.311. The number of hydrogen-bond donors (Lipinski definition) is 1. The highest BCUT2D eigenvalue weighted by atomic mass is 32.2. The summed E-state index contributed by atoms with van der Waals surface area (Å²) in [6.45, 7) is 2.94. The zero-order chi connectivity index (χ0) is 18.8. The summed E-state index contributed by atoms with van der Waals surface area (Å²) >= 11 is 2.86. The molecule has 0 radical (unpaired) electrons. The smallest absolute Gasteiger partial charge is 0.162 e. The van der Waals surface area contributed by atoms with Crippen LogP contribution >= 0.6 is 23.1 Å². The van der Waals surface area contributed by atoms with Crippen LogP contribution in [-0.4, -0.2) is 28.6 Å². The van der Waals surface area contributed by atoms with Gasteiger partial charge in [-0.2, -0.15) is 5.26 Å². The summed E-state index contributed by atoms with van der Waals surface area (Å²) < 4.78 is 12.1. The zero-order valence-corrected chi connectivity index (χ0v) is 16.1. The topological polar surface area (TPSA) is 75.4 Å². The maximum Gasteiger partial charge on any atom is 0.162 e. The predicted octanol–water partition coefficient (Wildman–Crippen LogP) is 5.04. The zero-order valence-electron chi connectivity index (χ0n) is 14.5. The Morgan fingerprint density at radius 2 is 2.00 bits per heavy atom. The highest BCUT2D eigenvalue weighted by Gasteiger charge is 2.20. The molecule has 3 aromatic rings. The van der Waals surface area contributed by atoms with Crippen LogP contribution in [0.4, 0.5) is 0 Å². The molecule has 1 aliphatic heterocycles. The summed E-state index contributed by atoms with van der Waals surface area (Å²) in [5.74, 6) is 1.45. The van der Waals surface area contributed by atoms with Gasteiger partial charge in [0.25, 0.3) is 0 Å². The lowest BCUT2D eigenvalue weighted by atomic mass is 10.2. The van der Waals surface area contributed by atoms with Crippen molar-refractivity contribution in [1.82, 2.24) is 4.98 Å². The average Bonchev–Trinajstić information content (AvgIpc) is 3.12. The van der Waals surface area contributed by atoms with Crippen LogP contribution in [0.25, 0.3) is 15.8 Å². The van der Waals surface area contributed by atoms with Crippen molar-refractivity contribution in [3.63, 3.8) is 0 Å². The second-order valence-corrected chi connectivity index (χ2v) is 8.37. The van der Waals surface area contributed by atoms with Crippen LogP contribution in [0, 0.1) is 11.3 Å². The lowest BCUT2D eigenvalue weighted by Crippen LogP contribution is -2.15. The van der Waals surface area contributed by atoms with Gasteiger partial charge >= 0.3 is 0 Å². The Balaban J connectivity index is 1.61. The Morgan fingerprint density at radius 1 is 1.22 bits per heavy atom. The lowest BCUT2D eigenvalue weighted by Gasteiger charge is -2.19. The number of nitriles is 1. The van der Waals surface area contributed by atoms with E-state index >= 15 is 0 Å². The molecular formula is C20H16N2O3S2. The van der Waals surface area contributed by atoms with E-state index in [2.05, 4.69) is 11.1 Å². The van der Waals surface area contributed by atoms with Crippen LogP contribution in [0.15, 0.2) is 53.1 Å². The fourth-order valence-electron chi connectivity index (χ4n) is 2.75. The molecule has 0 aliphatic carbocycles. The number of thioether (sulfide) groups is 1. The van der Waals surface area contributed by atoms with Gasteiger partial charge in [0, 0.05) is 4.90 Å². The molecule has 1 aliphatic rings. The molecule has 0 amide bonds. The minimum absolute atomic E-state index is 0.0245. The minimum Gasteiger partial charge on any atom is -0.510 e. The Morgan fingerprint density at radius 3 is 2.78 bits per heavy atom. The van der Waals surface area contributed by atoms with E-state index < -0.39 is 0 Å². The van der Waals surface area contributed by atoms with E-state index in [0.717, 1.165) is 20.9 Å². The van der Waals surface area contributed by atoms with Crippen LogP contribution in [0.3, 0.4) is 0 Å². The predicted molar refractivity (Wildman–Crippen MR) is 108 cm³/mol. The van der Waals surface area contributed by atoms with Crippen molar-refractivity contribution < 1.29 is 14.6 Å². The molecule has 0 saturated carbocycles. The summed E-state index contributed by atoms with van der Waals surface area (Å²) in [7, 11) is 0. The lowest BCUT2D eigenvalue weighted by molar-refractivity contribution is 0.171. The highest BCUT2D eigenvalue weighted by molar-refractivity contribution is 8.00. The van der Waals surface area contributed by atoms with E-state index in [1.807, 2.05) is 49.4 Å². The van der Waals surface area contributed by atoms with Crippen molar-refractivity contribution in [2.75, 3.05) is 13.2 Å². The molecule has 136 valence electrons. The summed E-state index contributed by atoms with van der Waals surface area (Å²) in [5, 5.41) is 20.5. The van der Waals surface area contributed by atoms with Crippen LogP contribution in [0.1, 0.15) is 11.9 Å². The number of ether oxygens (including phenoxy) is 2. The van der Waals surface area contributed by atoms with Gasteiger partial charge in [-0.05, 0) is 37.3 Å². The summed E-state index contributed by atoms with van der Waals surface area (Å²) in [5.41, 5.74) is 1.04. The quantitative estimate of drug-likeness (QED) is 0.378. The van der Waals surface area contributed by atoms with Crippen LogP contribution < -0.4 is 9.47 Å². The number of thiazole rings is 1. The molecule has 0 bridgehead atoms. The SMILES string of the molecule is CC(Sc1ccc2c(c1)OCCO2)/C(O)=C(\C#N)c1nc2ccccc2s1. The second-order valence-electron chi connectivity index (χ2n) is 5.92. The molecule has 2 heterocycles. The third kappa shape index (κ3) is 3.59. The van der Waals surface area contributed by atoms with Gasteiger partial charge in [0.05, 0.1) is 15.5 Å². The van der Waals surface area contributed by atoms with E-state index in [4.69, 9.17) is 9.47 Å². The number of aromatic nitrogens is 1. The second kappa shape index (κ2) is 7.51. The molecule has 27 heavy (non-hydrogen) atoms. The van der Waals surface area contributed by atoms with Crippen LogP contribution in [-0.2, 0) is 0 Å². The fraction of sp³-hybridized carbons (Fsp3) is 0.200. The van der Waals surface area contributed by atoms with E-state index in [9.17, 15) is 10.4 Å². The molecule has 1 unspecified atom stereocenters.